The molecule has 0 aliphatic carbocycles. The predicted octanol–water partition coefficient (Wildman–Crippen LogP) is 3.61. The van der Waals surface area contributed by atoms with Crippen LogP contribution in [0.4, 0.5) is 5.69 Å². The van der Waals surface area contributed by atoms with Gasteiger partial charge in [-0.2, -0.15) is 0 Å². The van der Waals surface area contributed by atoms with E-state index in [-0.39, 0.29) is 23.4 Å². The van der Waals surface area contributed by atoms with Crippen molar-refractivity contribution in [3.8, 4) is 0 Å². The number of hydrogen-bond acceptors (Lipinski definition) is 5. The van der Waals surface area contributed by atoms with E-state index in [0.717, 1.165) is 0 Å². The largest absolute Gasteiger partial charge is 0.454 e. The second-order valence-corrected chi connectivity index (χ2v) is 6.04. The summed E-state index contributed by atoms with van der Waals surface area (Å²) in [5.41, 5.74) is 0.990. The van der Waals surface area contributed by atoms with Gasteiger partial charge in [0.2, 0.25) is 17.5 Å². The number of esters is 1. The molecule has 2 aromatic rings. The molecule has 1 aromatic heterocycles. The molecule has 0 fully saturated rings. The number of ketones is 1. The van der Waals surface area contributed by atoms with Gasteiger partial charge in [0.05, 0.1) is 0 Å². The standard InChI is InChI=1S/C19H21NO5/c1-11(2)18(22)20-15-8-6-14(7-9-15)17(21)13(4)25-19(23)16-10-5-12(3)24-16/h5-11,13H,1-4H3,(H,20,22). The molecule has 132 valence electrons. The first-order valence-electron chi connectivity index (χ1n) is 8.00. The zero-order valence-corrected chi connectivity index (χ0v) is 14.7. The Labute approximate surface area is 146 Å². The number of carbonyl (C=O) groups is 3. The molecule has 0 saturated carbocycles. The number of hydrogen-bond donors (Lipinski definition) is 1. The van der Waals surface area contributed by atoms with E-state index in [0.29, 0.717) is 17.0 Å². The van der Waals surface area contributed by atoms with E-state index in [4.69, 9.17) is 9.15 Å². The summed E-state index contributed by atoms with van der Waals surface area (Å²) in [5, 5.41) is 2.74. The molecule has 1 amide bonds. The number of benzene rings is 1. The fourth-order valence-corrected chi connectivity index (χ4v) is 2.06. The molecule has 1 heterocycles. The lowest BCUT2D eigenvalue weighted by Gasteiger charge is -2.12. The number of Topliss-reactive ketones (excluding diaryl/α,β-unsaturated/α-hetero) is 1. The van der Waals surface area contributed by atoms with Crippen molar-refractivity contribution in [2.24, 2.45) is 5.92 Å². The first-order chi connectivity index (χ1) is 11.8. The zero-order valence-electron chi connectivity index (χ0n) is 14.7. The molecule has 0 aliphatic rings. The number of amides is 1. The van der Waals surface area contributed by atoms with Gasteiger partial charge in [-0.05, 0) is 50.2 Å². The van der Waals surface area contributed by atoms with Crippen molar-refractivity contribution in [2.75, 3.05) is 5.32 Å². The number of rotatable bonds is 6. The molecule has 6 heteroatoms. The lowest BCUT2D eigenvalue weighted by atomic mass is 10.1. The minimum Gasteiger partial charge on any atom is -0.454 e. The average Bonchev–Trinajstić information content (AvgIpc) is 3.01. The molecule has 0 radical (unpaired) electrons. The fourth-order valence-electron chi connectivity index (χ4n) is 2.06. The quantitative estimate of drug-likeness (QED) is 0.639. The molecule has 0 bridgehead atoms. The Balaban J connectivity index is 1.99. The number of nitrogens with one attached hydrogen (secondary N) is 1. The summed E-state index contributed by atoms with van der Waals surface area (Å²) in [6, 6.07) is 9.59. The Kier molecular flexibility index (Phi) is 5.75. The van der Waals surface area contributed by atoms with Gasteiger partial charge in [0.15, 0.2) is 6.10 Å². The third kappa shape index (κ3) is 4.79. The highest BCUT2D eigenvalue weighted by molar-refractivity contribution is 6.01. The van der Waals surface area contributed by atoms with E-state index in [1.54, 1.807) is 51.1 Å². The van der Waals surface area contributed by atoms with E-state index in [9.17, 15) is 14.4 Å². The lowest BCUT2D eigenvalue weighted by Crippen LogP contribution is -2.24. The van der Waals surface area contributed by atoms with Crippen molar-refractivity contribution >= 4 is 23.3 Å². The van der Waals surface area contributed by atoms with E-state index >= 15 is 0 Å². The molecule has 6 nitrogen and oxygen atoms in total. The summed E-state index contributed by atoms with van der Waals surface area (Å²) in [4.78, 5) is 35.9. The Morgan fingerprint density at radius 2 is 1.64 bits per heavy atom. The summed E-state index contributed by atoms with van der Waals surface area (Å²) in [6.07, 6.45) is -0.950. The van der Waals surface area contributed by atoms with Crippen LogP contribution >= 0.6 is 0 Å². The summed E-state index contributed by atoms with van der Waals surface area (Å²) < 4.78 is 10.3. The summed E-state index contributed by atoms with van der Waals surface area (Å²) >= 11 is 0. The lowest BCUT2D eigenvalue weighted by molar-refractivity contribution is -0.118. The SMILES string of the molecule is Cc1ccc(C(=O)OC(C)C(=O)c2ccc(NC(=O)C(C)C)cc2)o1. The molecule has 2 rings (SSSR count). The number of carbonyl (C=O) groups excluding carboxylic acids is 3. The number of furan rings is 1. The molecule has 1 aromatic carbocycles. The van der Waals surface area contributed by atoms with E-state index < -0.39 is 12.1 Å². The van der Waals surface area contributed by atoms with Crippen molar-refractivity contribution in [2.45, 2.75) is 33.8 Å². The fraction of sp³-hybridized carbons (Fsp3) is 0.316. The maximum Gasteiger partial charge on any atom is 0.374 e. The van der Waals surface area contributed by atoms with Crippen LogP contribution < -0.4 is 5.32 Å². The molecule has 0 aliphatic heterocycles. The van der Waals surface area contributed by atoms with Crippen molar-refractivity contribution in [1.82, 2.24) is 0 Å². The number of anilines is 1. The van der Waals surface area contributed by atoms with Gasteiger partial charge in [0, 0.05) is 17.2 Å². The minimum absolute atomic E-state index is 0.0592. The smallest absolute Gasteiger partial charge is 0.374 e. The van der Waals surface area contributed by atoms with E-state index in [1.165, 1.54) is 13.0 Å². The summed E-state index contributed by atoms with van der Waals surface area (Å²) in [7, 11) is 0. The van der Waals surface area contributed by atoms with Gasteiger partial charge in [-0.1, -0.05) is 13.8 Å². The molecule has 1 N–H and O–H groups in total. The van der Waals surface area contributed by atoms with Crippen LogP contribution in [0, 0.1) is 12.8 Å². The highest BCUT2D eigenvalue weighted by Crippen LogP contribution is 2.15. The van der Waals surface area contributed by atoms with Crippen LogP contribution in [-0.2, 0) is 9.53 Å². The molecular formula is C19H21NO5. The zero-order chi connectivity index (χ0) is 18.6. The monoisotopic (exact) mass is 343 g/mol. The number of ether oxygens (including phenoxy) is 1. The maximum atomic E-state index is 12.4. The van der Waals surface area contributed by atoms with Gasteiger partial charge in [0.25, 0.3) is 0 Å². The minimum atomic E-state index is -0.950. The third-order valence-electron chi connectivity index (χ3n) is 3.56. The molecule has 1 unspecified atom stereocenters. The van der Waals surface area contributed by atoms with Crippen LogP contribution in [0.5, 0.6) is 0 Å². The first-order valence-corrected chi connectivity index (χ1v) is 8.00. The van der Waals surface area contributed by atoms with Crippen molar-refractivity contribution in [3.05, 3.63) is 53.5 Å². The first kappa shape index (κ1) is 18.4. The highest BCUT2D eigenvalue weighted by Gasteiger charge is 2.22. The molecule has 25 heavy (non-hydrogen) atoms. The van der Waals surface area contributed by atoms with Crippen molar-refractivity contribution in [3.63, 3.8) is 0 Å². The van der Waals surface area contributed by atoms with Gasteiger partial charge in [-0.25, -0.2) is 4.79 Å². The Morgan fingerprint density at radius 1 is 1.00 bits per heavy atom. The molecule has 0 saturated heterocycles. The van der Waals surface area contributed by atoms with Crippen LogP contribution in [0.1, 0.15) is 47.4 Å². The van der Waals surface area contributed by atoms with E-state index in [2.05, 4.69) is 5.32 Å². The predicted molar refractivity (Wildman–Crippen MR) is 92.6 cm³/mol. The van der Waals surface area contributed by atoms with Crippen molar-refractivity contribution in [1.29, 1.82) is 0 Å². The van der Waals surface area contributed by atoms with Gasteiger partial charge in [-0.15, -0.1) is 0 Å². The maximum absolute atomic E-state index is 12.4. The second-order valence-electron chi connectivity index (χ2n) is 6.04. The Bertz CT molecular complexity index is 773. The van der Waals surface area contributed by atoms with Gasteiger partial charge in [0.1, 0.15) is 5.76 Å². The third-order valence-corrected chi connectivity index (χ3v) is 3.56. The van der Waals surface area contributed by atoms with Crippen LogP contribution in [0.2, 0.25) is 0 Å². The number of aryl methyl sites for hydroxylation is 1. The Hall–Kier alpha value is -2.89. The van der Waals surface area contributed by atoms with Crippen LogP contribution in [0.25, 0.3) is 0 Å². The second kappa shape index (κ2) is 7.79. The highest BCUT2D eigenvalue weighted by atomic mass is 16.6. The van der Waals surface area contributed by atoms with E-state index in [1.807, 2.05) is 0 Å². The van der Waals surface area contributed by atoms with Gasteiger partial charge in [-0.3, -0.25) is 9.59 Å². The Morgan fingerprint density at radius 3 is 2.16 bits per heavy atom. The molecular weight excluding hydrogens is 322 g/mol. The summed E-state index contributed by atoms with van der Waals surface area (Å²) in [5.74, 6) is -0.608. The summed E-state index contributed by atoms with van der Waals surface area (Å²) in [6.45, 7) is 6.81. The van der Waals surface area contributed by atoms with Crippen LogP contribution in [0.3, 0.4) is 0 Å². The molecule has 0 spiro atoms. The molecule has 1 atom stereocenters. The van der Waals surface area contributed by atoms with Crippen molar-refractivity contribution < 1.29 is 23.5 Å². The average molecular weight is 343 g/mol. The van der Waals surface area contributed by atoms with Crippen LogP contribution in [0.15, 0.2) is 40.8 Å². The van der Waals surface area contributed by atoms with Crippen LogP contribution in [-0.4, -0.2) is 23.8 Å². The topological polar surface area (TPSA) is 85.6 Å². The normalized spacial score (nSPS) is 11.9. The van der Waals surface area contributed by atoms with Gasteiger partial charge >= 0.3 is 5.97 Å². The van der Waals surface area contributed by atoms with Gasteiger partial charge < -0.3 is 14.5 Å².